The first-order chi connectivity index (χ1) is 10.4. The van der Waals surface area contributed by atoms with E-state index in [-0.39, 0.29) is 11.8 Å². The van der Waals surface area contributed by atoms with Crippen molar-refractivity contribution in [3.63, 3.8) is 0 Å². The Labute approximate surface area is 140 Å². The molecule has 4 nitrogen and oxygen atoms in total. The molecule has 0 radical (unpaired) electrons. The average molecular weight is 341 g/mol. The third-order valence-corrected chi connectivity index (χ3v) is 5.12. The van der Waals surface area contributed by atoms with Gasteiger partial charge in [0.2, 0.25) is 11.8 Å². The minimum atomic E-state index is -0.751. The van der Waals surface area contributed by atoms with Crippen LogP contribution in [0.15, 0.2) is 29.2 Å². The van der Waals surface area contributed by atoms with Gasteiger partial charge in [-0.1, -0.05) is 11.6 Å². The van der Waals surface area contributed by atoms with Gasteiger partial charge < -0.3 is 10.2 Å². The third kappa shape index (κ3) is 4.17. The second kappa shape index (κ2) is 7.38. The maximum Gasteiger partial charge on any atom is 0.245 e. The van der Waals surface area contributed by atoms with Crippen LogP contribution in [0.1, 0.15) is 26.7 Å². The van der Waals surface area contributed by atoms with Crippen molar-refractivity contribution in [2.75, 3.05) is 18.8 Å². The molecular formula is C16H21ClN2O2S. The van der Waals surface area contributed by atoms with Gasteiger partial charge in [-0.2, -0.15) is 0 Å². The lowest BCUT2D eigenvalue weighted by Crippen LogP contribution is -2.63. The van der Waals surface area contributed by atoms with Crippen molar-refractivity contribution in [3.05, 3.63) is 29.3 Å². The first-order valence-electron chi connectivity index (χ1n) is 7.38. The molecule has 0 atom stereocenters. The van der Waals surface area contributed by atoms with Gasteiger partial charge in [-0.05, 0) is 50.3 Å². The summed E-state index contributed by atoms with van der Waals surface area (Å²) in [4.78, 5) is 27.0. The lowest BCUT2D eigenvalue weighted by Gasteiger charge is -2.41. The molecule has 1 aliphatic heterocycles. The molecule has 6 heteroatoms. The predicted molar refractivity (Wildman–Crippen MR) is 90.2 cm³/mol. The molecular weight excluding hydrogens is 320 g/mol. The van der Waals surface area contributed by atoms with Gasteiger partial charge in [-0.25, -0.2) is 0 Å². The summed E-state index contributed by atoms with van der Waals surface area (Å²) < 4.78 is 0. The zero-order chi connectivity index (χ0) is 16.2. The number of rotatable bonds is 5. The van der Waals surface area contributed by atoms with Crippen molar-refractivity contribution in [3.8, 4) is 0 Å². The van der Waals surface area contributed by atoms with Gasteiger partial charge >= 0.3 is 0 Å². The Bertz CT molecular complexity index is 546. The summed E-state index contributed by atoms with van der Waals surface area (Å²) in [6.45, 7) is 4.71. The molecule has 1 N–H and O–H groups in total. The Hall–Kier alpha value is -1.20. The standard InChI is InChI=1S/C16H21ClN2O2S/c1-16(2)15(21)18-9-10-19(16)14(20)4-3-11-22-13-7-5-12(17)6-8-13/h5-8H,3-4,9-11H2,1-2H3,(H,18,21). The quantitative estimate of drug-likeness (QED) is 0.662. The monoisotopic (exact) mass is 340 g/mol. The molecule has 1 aliphatic rings. The number of amides is 2. The summed E-state index contributed by atoms with van der Waals surface area (Å²) in [7, 11) is 0. The van der Waals surface area contributed by atoms with Crippen LogP contribution in [0.4, 0.5) is 0 Å². The number of carbonyl (C=O) groups is 2. The van der Waals surface area contributed by atoms with Gasteiger partial charge in [0.05, 0.1) is 0 Å². The van der Waals surface area contributed by atoms with Crippen LogP contribution in [-0.4, -0.2) is 41.1 Å². The molecule has 1 saturated heterocycles. The van der Waals surface area contributed by atoms with Crippen LogP contribution in [0.3, 0.4) is 0 Å². The van der Waals surface area contributed by atoms with E-state index in [1.807, 2.05) is 24.3 Å². The molecule has 0 saturated carbocycles. The van der Waals surface area contributed by atoms with E-state index in [1.54, 1.807) is 30.5 Å². The number of hydrogen-bond donors (Lipinski definition) is 1. The maximum absolute atomic E-state index is 12.3. The predicted octanol–water partition coefficient (Wildman–Crippen LogP) is 2.95. The fourth-order valence-corrected chi connectivity index (χ4v) is 3.39. The topological polar surface area (TPSA) is 49.4 Å². The van der Waals surface area contributed by atoms with Crippen LogP contribution < -0.4 is 5.32 Å². The summed E-state index contributed by atoms with van der Waals surface area (Å²) in [6, 6.07) is 7.69. The van der Waals surface area contributed by atoms with Crippen LogP contribution in [0.25, 0.3) is 0 Å². The maximum atomic E-state index is 12.3. The molecule has 22 heavy (non-hydrogen) atoms. The highest BCUT2D eigenvalue weighted by atomic mass is 35.5. The Balaban J connectivity index is 1.78. The fraction of sp³-hybridized carbons (Fsp3) is 0.500. The Morgan fingerprint density at radius 1 is 1.36 bits per heavy atom. The van der Waals surface area contributed by atoms with Crippen molar-refractivity contribution in [1.82, 2.24) is 10.2 Å². The second-order valence-corrected chi connectivity index (χ2v) is 7.37. The number of thioether (sulfide) groups is 1. The molecule has 1 fully saturated rings. The summed E-state index contributed by atoms with van der Waals surface area (Å²) in [6.07, 6.45) is 1.26. The molecule has 1 aromatic rings. The minimum absolute atomic E-state index is 0.0524. The van der Waals surface area contributed by atoms with Crippen LogP contribution in [-0.2, 0) is 9.59 Å². The van der Waals surface area contributed by atoms with Crippen molar-refractivity contribution in [1.29, 1.82) is 0 Å². The van der Waals surface area contributed by atoms with E-state index in [2.05, 4.69) is 5.32 Å². The van der Waals surface area contributed by atoms with Gasteiger partial charge in [-0.3, -0.25) is 9.59 Å². The van der Waals surface area contributed by atoms with E-state index in [0.717, 1.165) is 22.1 Å². The van der Waals surface area contributed by atoms with Crippen LogP contribution in [0, 0.1) is 0 Å². The SMILES string of the molecule is CC1(C)C(=O)NCCN1C(=O)CCCSc1ccc(Cl)cc1. The average Bonchev–Trinajstić information content (AvgIpc) is 2.48. The first-order valence-corrected chi connectivity index (χ1v) is 8.75. The highest BCUT2D eigenvalue weighted by Gasteiger charge is 2.39. The largest absolute Gasteiger partial charge is 0.352 e. The molecule has 1 heterocycles. The van der Waals surface area contributed by atoms with Gasteiger partial charge in [-0.15, -0.1) is 11.8 Å². The molecule has 1 aromatic carbocycles. The normalized spacial score (nSPS) is 17.2. The number of hydrogen-bond acceptors (Lipinski definition) is 3. The van der Waals surface area contributed by atoms with Gasteiger partial charge in [0.1, 0.15) is 5.54 Å². The van der Waals surface area contributed by atoms with Crippen LogP contribution >= 0.6 is 23.4 Å². The second-order valence-electron chi connectivity index (χ2n) is 5.77. The van der Waals surface area contributed by atoms with Crippen molar-refractivity contribution in [2.24, 2.45) is 0 Å². The number of piperazine rings is 1. The number of nitrogens with zero attached hydrogens (tertiary/aromatic N) is 1. The van der Waals surface area contributed by atoms with Gasteiger partial charge in [0, 0.05) is 29.4 Å². The van der Waals surface area contributed by atoms with E-state index in [0.29, 0.717) is 19.5 Å². The highest BCUT2D eigenvalue weighted by Crippen LogP contribution is 2.23. The van der Waals surface area contributed by atoms with Crippen molar-refractivity contribution < 1.29 is 9.59 Å². The van der Waals surface area contributed by atoms with Crippen LogP contribution in [0.2, 0.25) is 5.02 Å². The van der Waals surface area contributed by atoms with E-state index in [9.17, 15) is 9.59 Å². The van der Waals surface area contributed by atoms with Crippen molar-refractivity contribution >= 4 is 35.2 Å². The molecule has 2 rings (SSSR count). The minimum Gasteiger partial charge on any atom is -0.352 e. The summed E-state index contributed by atoms with van der Waals surface area (Å²) in [5, 5.41) is 3.53. The van der Waals surface area contributed by atoms with Gasteiger partial charge in [0.15, 0.2) is 0 Å². The smallest absolute Gasteiger partial charge is 0.245 e. The number of nitrogens with one attached hydrogen (secondary N) is 1. The lowest BCUT2D eigenvalue weighted by molar-refractivity contribution is -0.149. The van der Waals surface area contributed by atoms with E-state index in [1.165, 1.54) is 0 Å². The highest BCUT2D eigenvalue weighted by molar-refractivity contribution is 7.99. The third-order valence-electron chi connectivity index (χ3n) is 3.77. The van der Waals surface area contributed by atoms with E-state index < -0.39 is 5.54 Å². The molecule has 120 valence electrons. The molecule has 0 bridgehead atoms. The van der Waals surface area contributed by atoms with E-state index in [4.69, 9.17) is 11.6 Å². The summed E-state index contributed by atoms with van der Waals surface area (Å²) >= 11 is 7.56. The van der Waals surface area contributed by atoms with Gasteiger partial charge in [0.25, 0.3) is 0 Å². The lowest BCUT2D eigenvalue weighted by atomic mass is 9.98. The molecule has 0 aromatic heterocycles. The molecule has 0 aliphatic carbocycles. The Kier molecular flexibility index (Phi) is 5.75. The number of benzene rings is 1. The van der Waals surface area contributed by atoms with Crippen molar-refractivity contribution in [2.45, 2.75) is 37.1 Å². The Morgan fingerprint density at radius 2 is 2.05 bits per heavy atom. The van der Waals surface area contributed by atoms with E-state index >= 15 is 0 Å². The Morgan fingerprint density at radius 3 is 2.73 bits per heavy atom. The summed E-state index contributed by atoms with van der Waals surface area (Å²) in [5.41, 5.74) is -0.751. The number of halogens is 1. The van der Waals surface area contributed by atoms with Crippen LogP contribution in [0.5, 0.6) is 0 Å². The molecule has 0 spiro atoms. The summed E-state index contributed by atoms with van der Waals surface area (Å²) in [5.74, 6) is 0.840. The fourth-order valence-electron chi connectivity index (χ4n) is 2.42. The zero-order valence-corrected chi connectivity index (χ0v) is 14.5. The number of carbonyl (C=O) groups excluding carboxylic acids is 2. The first kappa shape index (κ1) is 17.2. The molecule has 2 amide bonds. The molecule has 0 unspecified atom stereocenters. The zero-order valence-electron chi connectivity index (χ0n) is 12.9.